The number of aromatic nitrogens is 2. The molecule has 0 aliphatic heterocycles. The summed E-state index contributed by atoms with van der Waals surface area (Å²) >= 11 is 1.06. The molecule has 0 spiro atoms. The molecule has 152 valence electrons. The van der Waals surface area contributed by atoms with Crippen LogP contribution in [0.25, 0.3) is 11.5 Å². The number of hydrogen-bond acceptors (Lipinski definition) is 8. The quantitative estimate of drug-likeness (QED) is 0.435. The first kappa shape index (κ1) is 21.1. The van der Waals surface area contributed by atoms with Crippen molar-refractivity contribution in [1.82, 2.24) is 15.5 Å². The van der Waals surface area contributed by atoms with E-state index in [9.17, 15) is 9.59 Å². The van der Waals surface area contributed by atoms with E-state index in [1.165, 1.54) is 7.11 Å². The van der Waals surface area contributed by atoms with E-state index in [0.717, 1.165) is 17.3 Å². The topological polar surface area (TPSA) is 118 Å². The molecule has 8 nitrogen and oxygen atoms in total. The molecule has 1 amide bonds. The van der Waals surface area contributed by atoms with E-state index in [0.29, 0.717) is 23.4 Å². The summed E-state index contributed by atoms with van der Waals surface area (Å²) in [6.45, 7) is 0. The molecule has 0 aliphatic carbocycles. The van der Waals surface area contributed by atoms with Gasteiger partial charge in [0.05, 0.1) is 24.5 Å². The molecule has 30 heavy (non-hydrogen) atoms. The fourth-order valence-electron chi connectivity index (χ4n) is 2.62. The molecule has 0 saturated carbocycles. The first-order chi connectivity index (χ1) is 14.6. The van der Waals surface area contributed by atoms with Gasteiger partial charge in [-0.3, -0.25) is 4.79 Å². The molecule has 0 aliphatic rings. The molecule has 3 aromatic rings. The number of thioether (sulfide) groups is 1. The molecule has 9 heteroatoms. The zero-order valence-corrected chi connectivity index (χ0v) is 16.9. The Bertz CT molecular complexity index is 1040. The highest BCUT2D eigenvalue weighted by Gasteiger charge is 2.22. The van der Waals surface area contributed by atoms with Crippen molar-refractivity contribution in [1.29, 1.82) is 5.26 Å². The minimum atomic E-state index is -0.789. The van der Waals surface area contributed by atoms with Gasteiger partial charge in [-0.2, -0.15) is 5.26 Å². The Morgan fingerprint density at radius 1 is 1.17 bits per heavy atom. The number of benzene rings is 2. The van der Waals surface area contributed by atoms with E-state index < -0.39 is 12.0 Å². The standard InChI is InChI=1S/C21H18N4O4S/c1-28-20(27)17(11-14-5-3-2-4-6-14)23-18(26)13-30-21-25-24-19(29-21)16-9-7-15(12-22)8-10-16/h2-10,17H,11,13H2,1H3,(H,23,26)/t17-/m0/s1. The average molecular weight is 422 g/mol. The van der Waals surface area contributed by atoms with Gasteiger partial charge in [0.15, 0.2) is 0 Å². The summed E-state index contributed by atoms with van der Waals surface area (Å²) in [6, 6.07) is 17.3. The summed E-state index contributed by atoms with van der Waals surface area (Å²) in [7, 11) is 1.28. The zero-order chi connectivity index (χ0) is 21.3. The van der Waals surface area contributed by atoms with Crippen LogP contribution < -0.4 is 5.32 Å². The molecule has 3 rings (SSSR count). The van der Waals surface area contributed by atoms with E-state index in [-0.39, 0.29) is 16.9 Å². The largest absolute Gasteiger partial charge is 0.467 e. The van der Waals surface area contributed by atoms with Gasteiger partial charge in [0, 0.05) is 12.0 Å². The van der Waals surface area contributed by atoms with Crippen LogP contribution in [0.4, 0.5) is 0 Å². The van der Waals surface area contributed by atoms with Crippen LogP contribution in [0.1, 0.15) is 11.1 Å². The van der Waals surface area contributed by atoms with Gasteiger partial charge in [0.1, 0.15) is 6.04 Å². The molecule has 1 N–H and O–H groups in total. The van der Waals surface area contributed by atoms with Crippen LogP contribution in [0.15, 0.2) is 64.2 Å². The molecule has 0 unspecified atom stereocenters. The minimum absolute atomic E-state index is 0.00269. The van der Waals surface area contributed by atoms with Crippen molar-refractivity contribution < 1.29 is 18.7 Å². The predicted molar refractivity (Wildman–Crippen MR) is 109 cm³/mol. The van der Waals surface area contributed by atoms with Crippen molar-refractivity contribution >= 4 is 23.6 Å². The number of nitrogens with one attached hydrogen (secondary N) is 1. The Hall–Kier alpha value is -3.64. The smallest absolute Gasteiger partial charge is 0.328 e. The van der Waals surface area contributed by atoms with Gasteiger partial charge in [-0.15, -0.1) is 10.2 Å². The number of nitriles is 1. The number of amides is 1. The second-order valence-corrected chi connectivity index (χ2v) is 7.11. The van der Waals surface area contributed by atoms with E-state index in [1.54, 1.807) is 24.3 Å². The van der Waals surface area contributed by atoms with Gasteiger partial charge in [-0.05, 0) is 29.8 Å². The molecule has 1 aromatic heterocycles. The first-order valence-corrected chi connectivity index (χ1v) is 9.95. The predicted octanol–water partition coefficient (Wildman–Crippen LogP) is 2.60. The SMILES string of the molecule is COC(=O)[C@H](Cc1ccccc1)NC(=O)CSc1nnc(-c2ccc(C#N)cc2)o1. The second-order valence-electron chi connectivity index (χ2n) is 6.18. The van der Waals surface area contributed by atoms with E-state index >= 15 is 0 Å². The van der Waals surface area contributed by atoms with E-state index in [2.05, 4.69) is 15.5 Å². The van der Waals surface area contributed by atoms with Gasteiger partial charge >= 0.3 is 5.97 Å². The van der Waals surface area contributed by atoms with Crippen LogP contribution in [-0.4, -0.2) is 41.0 Å². The van der Waals surface area contributed by atoms with Crippen LogP contribution in [0.5, 0.6) is 0 Å². The third-order valence-electron chi connectivity index (χ3n) is 4.10. The highest BCUT2D eigenvalue weighted by atomic mass is 32.2. The minimum Gasteiger partial charge on any atom is -0.467 e. The summed E-state index contributed by atoms with van der Waals surface area (Å²) in [5, 5.41) is 19.6. The van der Waals surface area contributed by atoms with Crippen molar-refractivity contribution in [3.05, 3.63) is 65.7 Å². The molecule has 0 saturated heterocycles. The molecule has 0 radical (unpaired) electrons. The Balaban J connectivity index is 1.57. The Labute approximate surface area is 177 Å². The number of methoxy groups -OCH3 is 1. The maximum atomic E-state index is 12.3. The van der Waals surface area contributed by atoms with Gasteiger partial charge in [0.2, 0.25) is 11.8 Å². The van der Waals surface area contributed by atoms with Crippen LogP contribution in [-0.2, 0) is 20.7 Å². The number of nitrogens with zero attached hydrogens (tertiary/aromatic N) is 3. The number of rotatable bonds is 8. The third kappa shape index (κ3) is 5.68. The molecular weight excluding hydrogens is 404 g/mol. The molecular formula is C21H18N4O4S. The average Bonchev–Trinajstić information content (AvgIpc) is 3.26. The van der Waals surface area contributed by atoms with Crippen molar-refractivity contribution in [3.8, 4) is 17.5 Å². The molecule has 2 aromatic carbocycles. The van der Waals surface area contributed by atoms with Crippen LogP contribution >= 0.6 is 11.8 Å². The van der Waals surface area contributed by atoms with Gasteiger partial charge in [-0.1, -0.05) is 42.1 Å². The Kier molecular flexibility index (Phi) is 7.19. The molecule has 0 bridgehead atoms. The fraction of sp³-hybridized carbons (Fsp3) is 0.190. The number of carbonyl (C=O) groups excluding carboxylic acids is 2. The summed E-state index contributed by atoms with van der Waals surface area (Å²) in [5.41, 5.74) is 2.11. The Morgan fingerprint density at radius 3 is 2.57 bits per heavy atom. The number of esters is 1. The summed E-state index contributed by atoms with van der Waals surface area (Å²) in [5.74, 6) is -0.585. The molecule has 1 heterocycles. The lowest BCUT2D eigenvalue weighted by Gasteiger charge is -2.16. The lowest BCUT2D eigenvalue weighted by Crippen LogP contribution is -2.43. The van der Waals surface area contributed by atoms with Crippen molar-refractivity contribution in [2.45, 2.75) is 17.7 Å². The highest BCUT2D eigenvalue weighted by Crippen LogP contribution is 2.23. The van der Waals surface area contributed by atoms with Crippen molar-refractivity contribution in [3.63, 3.8) is 0 Å². The zero-order valence-electron chi connectivity index (χ0n) is 16.1. The van der Waals surface area contributed by atoms with Crippen molar-refractivity contribution in [2.24, 2.45) is 0 Å². The summed E-state index contributed by atoms with van der Waals surface area (Å²) < 4.78 is 10.3. The van der Waals surface area contributed by atoms with Crippen LogP contribution in [0.2, 0.25) is 0 Å². The Morgan fingerprint density at radius 2 is 1.90 bits per heavy atom. The van der Waals surface area contributed by atoms with Gasteiger partial charge in [0.25, 0.3) is 5.22 Å². The maximum Gasteiger partial charge on any atom is 0.328 e. The second kappa shape index (κ2) is 10.2. The van der Waals surface area contributed by atoms with E-state index in [4.69, 9.17) is 14.4 Å². The highest BCUT2D eigenvalue weighted by molar-refractivity contribution is 7.99. The monoisotopic (exact) mass is 422 g/mol. The number of hydrogen-bond donors (Lipinski definition) is 1. The molecule has 0 fully saturated rings. The summed E-state index contributed by atoms with van der Waals surface area (Å²) in [6.07, 6.45) is 0.327. The number of carbonyl (C=O) groups is 2. The van der Waals surface area contributed by atoms with Crippen LogP contribution in [0, 0.1) is 11.3 Å². The first-order valence-electron chi connectivity index (χ1n) is 8.97. The van der Waals surface area contributed by atoms with E-state index in [1.807, 2.05) is 36.4 Å². The number of ether oxygens (including phenoxy) is 1. The summed E-state index contributed by atoms with van der Waals surface area (Å²) in [4.78, 5) is 24.4. The maximum absolute atomic E-state index is 12.3. The normalized spacial score (nSPS) is 11.3. The van der Waals surface area contributed by atoms with Gasteiger partial charge in [-0.25, -0.2) is 4.79 Å². The third-order valence-corrected chi connectivity index (χ3v) is 4.92. The van der Waals surface area contributed by atoms with Crippen molar-refractivity contribution in [2.75, 3.05) is 12.9 Å². The van der Waals surface area contributed by atoms with Crippen LogP contribution in [0.3, 0.4) is 0 Å². The lowest BCUT2D eigenvalue weighted by molar-refractivity contribution is -0.144. The lowest BCUT2D eigenvalue weighted by atomic mass is 10.1. The fourth-order valence-corrected chi connectivity index (χ4v) is 3.20. The van der Waals surface area contributed by atoms with Gasteiger partial charge < -0.3 is 14.5 Å². The molecule has 1 atom stereocenters.